The van der Waals surface area contributed by atoms with Crippen molar-refractivity contribution in [2.75, 3.05) is 23.6 Å². The van der Waals surface area contributed by atoms with E-state index in [1.54, 1.807) is 0 Å². The fourth-order valence-corrected chi connectivity index (χ4v) is 4.00. The van der Waals surface area contributed by atoms with Crippen LogP contribution in [0.15, 0.2) is 16.6 Å². The van der Waals surface area contributed by atoms with Crippen LogP contribution < -0.4 is 10.0 Å². The summed E-state index contributed by atoms with van der Waals surface area (Å²) in [4.78, 5) is 0. The summed E-state index contributed by atoms with van der Waals surface area (Å²) in [7, 11) is -3.27. The molecule has 0 aliphatic heterocycles. The van der Waals surface area contributed by atoms with Crippen LogP contribution in [0.25, 0.3) is 0 Å². The van der Waals surface area contributed by atoms with Gasteiger partial charge in [0.15, 0.2) is 0 Å². The molecule has 1 aromatic carbocycles. The molecule has 1 rings (SSSR count). The molecule has 0 fully saturated rings. The van der Waals surface area contributed by atoms with Crippen LogP contribution in [0, 0.1) is 13.8 Å². The quantitative estimate of drug-likeness (QED) is 0.698. The molecule has 0 aliphatic rings. The van der Waals surface area contributed by atoms with E-state index in [9.17, 15) is 8.42 Å². The van der Waals surface area contributed by atoms with Gasteiger partial charge in [0.1, 0.15) is 0 Å². The lowest BCUT2D eigenvalue weighted by molar-refractivity contribution is 0.593. The van der Waals surface area contributed by atoms with Gasteiger partial charge in [-0.1, -0.05) is 22.9 Å². The van der Waals surface area contributed by atoms with Gasteiger partial charge in [0.25, 0.3) is 0 Å². The molecule has 0 aliphatic carbocycles. The summed E-state index contributed by atoms with van der Waals surface area (Å²) >= 11 is 3.41. The number of rotatable bonds is 8. The van der Waals surface area contributed by atoms with Gasteiger partial charge >= 0.3 is 0 Å². The van der Waals surface area contributed by atoms with E-state index in [0.29, 0.717) is 12.1 Å². The van der Waals surface area contributed by atoms with Crippen LogP contribution >= 0.6 is 15.9 Å². The number of benzene rings is 1. The largest absolute Gasteiger partial charge is 0.317 e. The van der Waals surface area contributed by atoms with Crippen molar-refractivity contribution in [2.45, 2.75) is 33.6 Å². The molecule has 114 valence electrons. The minimum atomic E-state index is -3.27. The van der Waals surface area contributed by atoms with Gasteiger partial charge in [0.05, 0.1) is 11.4 Å². The van der Waals surface area contributed by atoms with E-state index in [0.717, 1.165) is 35.1 Å². The van der Waals surface area contributed by atoms with Gasteiger partial charge in [-0.3, -0.25) is 4.72 Å². The van der Waals surface area contributed by atoms with Crippen LogP contribution in [0.5, 0.6) is 0 Å². The van der Waals surface area contributed by atoms with Crippen molar-refractivity contribution in [3.05, 3.63) is 27.7 Å². The molecule has 0 amide bonds. The Bertz CT molecular complexity index is 521. The maximum Gasteiger partial charge on any atom is 0.232 e. The molecule has 0 radical (unpaired) electrons. The van der Waals surface area contributed by atoms with E-state index < -0.39 is 10.0 Å². The van der Waals surface area contributed by atoms with E-state index in [2.05, 4.69) is 26.0 Å². The van der Waals surface area contributed by atoms with Crippen molar-refractivity contribution in [1.29, 1.82) is 0 Å². The number of anilines is 1. The minimum absolute atomic E-state index is 0.160. The third-order valence-corrected chi connectivity index (χ3v) is 4.82. The molecule has 0 atom stereocenters. The van der Waals surface area contributed by atoms with Gasteiger partial charge < -0.3 is 5.32 Å². The minimum Gasteiger partial charge on any atom is -0.317 e. The van der Waals surface area contributed by atoms with Gasteiger partial charge in [0, 0.05) is 4.47 Å². The van der Waals surface area contributed by atoms with Gasteiger partial charge in [-0.15, -0.1) is 0 Å². The third-order valence-electron chi connectivity index (χ3n) is 3.02. The highest BCUT2D eigenvalue weighted by molar-refractivity contribution is 9.10. The Morgan fingerprint density at radius 3 is 2.30 bits per heavy atom. The maximum absolute atomic E-state index is 12.1. The van der Waals surface area contributed by atoms with Crippen LogP contribution in [0.4, 0.5) is 5.69 Å². The average molecular weight is 363 g/mol. The normalized spacial score (nSPS) is 11.6. The second kappa shape index (κ2) is 8.00. The van der Waals surface area contributed by atoms with Gasteiger partial charge in [-0.25, -0.2) is 8.42 Å². The lowest BCUT2D eigenvalue weighted by atomic mass is 10.1. The summed E-state index contributed by atoms with van der Waals surface area (Å²) in [6.07, 6.45) is 1.53. The summed E-state index contributed by atoms with van der Waals surface area (Å²) in [6, 6.07) is 3.83. The second-order valence-corrected chi connectivity index (χ2v) is 7.65. The molecule has 2 N–H and O–H groups in total. The lowest BCUT2D eigenvalue weighted by Crippen LogP contribution is -2.20. The molecule has 20 heavy (non-hydrogen) atoms. The zero-order valence-corrected chi connectivity index (χ0v) is 14.7. The molecule has 0 spiro atoms. The summed E-state index contributed by atoms with van der Waals surface area (Å²) in [5.74, 6) is 0.160. The summed E-state index contributed by atoms with van der Waals surface area (Å²) in [5.41, 5.74) is 2.54. The monoisotopic (exact) mass is 362 g/mol. The standard InChI is InChI=1S/C14H23BrN2O2S/c1-4-16-7-5-6-8-20(18,19)17-14-11(2)9-13(15)10-12(14)3/h9-10,16-17H,4-8H2,1-3H3. The van der Waals surface area contributed by atoms with Crippen molar-refractivity contribution in [2.24, 2.45) is 0 Å². The zero-order valence-electron chi connectivity index (χ0n) is 12.3. The van der Waals surface area contributed by atoms with E-state index in [1.165, 1.54) is 0 Å². The predicted molar refractivity (Wildman–Crippen MR) is 88.8 cm³/mol. The summed E-state index contributed by atoms with van der Waals surface area (Å²) in [6.45, 7) is 7.63. The van der Waals surface area contributed by atoms with Crippen molar-refractivity contribution in [3.63, 3.8) is 0 Å². The molecule has 0 aromatic heterocycles. The van der Waals surface area contributed by atoms with Gasteiger partial charge in [-0.2, -0.15) is 0 Å². The van der Waals surface area contributed by atoms with Crippen molar-refractivity contribution in [1.82, 2.24) is 5.32 Å². The fraction of sp³-hybridized carbons (Fsp3) is 0.571. The first kappa shape index (κ1) is 17.5. The third kappa shape index (κ3) is 5.81. The van der Waals surface area contributed by atoms with Crippen molar-refractivity contribution < 1.29 is 8.42 Å². The first-order valence-corrected chi connectivity index (χ1v) is 9.28. The second-order valence-electron chi connectivity index (χ2n) is 4.90. The Balaban J connectivity index is 2.63. The van der Waals surface area contributed by atoms with E-state index in [4.69, 9.17) is 0 Å². The molecular formula is C14H23BrN2O2S. The SMILES string of the molecule is CCNCCCCS(=O)(=O)Nc1c(C)cc(Br)cc1C. The molecule has 0 bridgehead atoms. The van der Waals surface area contributed by atoms with Gasteiger partial charge in [-0.05, 0) is 63.0 Å². The zero-order chi connectivity index (χ0) is 15.2. The number of nitrogens with one attached hydrogen (secondary N) is 2. The Hall–Kier alpha value is -0.590. The first-order chi connectivity index (χ1) is 9.35. The summed E-state index contributed by atoms with van der Waals surface area (Å²) in [5, 5.41) is 3.19. The molecule has 0 heterocycles. The first-order valence-electron chi connectivity index (χ1n) is 6.83. The van der Waals surface area contributed by atoms with Crippen molar-refractivity contribution >= 4 is 31.6 Å². The molecule has 6 heteroatoms. The number of hydrogen-bond acceptors (Lipinski definition) is 3. The predicted octanol–water partition coefficient (Wildman–Crippen LogP) is 3.20. The van der Waals surface area contributed by atoms with Crippen LogP contribution in [-0.4, -0.2) is 27.3 Å². The Labute approximate surface area is 130 Å². The van der Waals surface area contributed by atoms with Crippen LogP contribution in [-0.2, 0) is 10.0 Å². The number of hydrogen-bond donors (Lipinski definition) is 2. The Morgan fingerprint density at radius 2 is 1.75 bits per heavy atom. The van der Waals surface area contributed by atoms with Crippen LogP contribution in [0.1, 0.15) is 30.9 Å². The number of halogens is 1. The maximum atomic E-state index is 12.1. The topological polar surface area (TPSA) is 58.2 Å². The Morgan fingerprint density at radius 1 is 1.15 bits per heavy atom. The molecule has 0 saturated carbocycles. The summed E-state index contributed by atoms with van der Waals surface area (Å²) < 4.78 is 27.8. The van der Waals surface area contributed by atoms with Crippen molar-refractivity contribution in [3.8, 4) is 0 Å². The van der Waals surface area contributed by atoms with E-state index in [1.807, 2.05) is 32.9 Å². The average Bonchev–Trinajstić information content (AvgIpc) is 2.33. The number of unbranched alkanes of at least 4 members (excludes halogenated alkanes) is 1. The number of aryl methyl sites for hydroxylation is 2. The van der Waals surface area contributed by atoms with Crippen LogP contribution in [0.3, 0.4) is 0 Å². The highest BCUT2D eigenvalue weighted by Gasteiger charge is 2.13. The molecular weight excluding hydrogens is 340 g/mol. The number of sulfonamides is 1. The smallest absolute Gasteiger partial charge is 0.232 e. The van der Waals surface area contributed by atoms with E-state index in [-0.39, 0.29) is 5.75 Å². The van der Waals surface area contributed by atoms with Crippen LogP contribution in [0.2, 0.25) is 0 Å². The lowest BCUT2D eigenvalue weighted by Gasteiger charge is -2.14. The highest BCUT2D eigenvalue weighted by Crippen LogP contribution is 2.26. The fourth-order valence-electron chi connectivity index (χ4n) is 2.00. The molecule has 4 nitrogen and oxygen atoms in total. The van der Waals surface area contributed by atoms with Gasteiger partial charge in [0.2, 0.25) is 10.0 Å². The molecule has 0 unspecified atom stereocenters. The highest BCUT2D eigenvalue weighted by atomic mass is 79.9. The Kier molecular flexibility index (Phi) is 6.99. The molecule has 1 aromatic rings. The molecule has 0 saturated heterocycles. The van der Waals surface area contributed by atoms with E-state index >= 15 is 0 Å².